The molecule has 5 rings (SSSR count). The van der Waals surface area contributed by atoms with Gasteiger partial charge >= 0.3 is 0 Å². The van der Waals surface area contributed by atoms with Crippen LogP contribution in [0, 0.1) is 0 Å². The number of fused-ring (bicyclic) bond motifs is 2. The van der Waals surface area contributed by atoms with Crippen molar-refractivity contribution in [2.24, 2.45) is 0 Å². The van der Waals surface area contributed by atoms with Gasteiger partial charge < -0.3 is 4.90 Å². The first-order chi connectivity index (χ1) is 15.0. The highest BCUT2D eigenvalue weighted by Gasteiger charge is 2.30. The van der Waals surface area contributed by atoms with E-state index in [0.717, 1.165) is 21.3 Å². The summed E-state index contributed by atoms with van der Waals surface area (Å²) in [5.41, 5.74) is 3.63. The fraction of sp³-hybridized carbons (Fsp3) is 0.0800. The number of carbonyl (C=O) groups excluding carboxylic acids is 1. The molecule has 5 nitrogen and oxygen atoms in total. The number of hydrogen-bond donors (Lipinski definition) is 0. The first-order valence-electron chi connectivity index (χ1n) is 9.86. The fourth-order valence-corrected chi connectivity index (χ4v) is 4.27. The number of anilines is 1. The number of aromatic nitrogens is 2. The lowest BCUT2D eigenvalue weighted by Gasteiger charge is -2.12. The molecule has 1 aromatic heterocycles. The van der Waals surface area contributed by atoms with E-state index < -0.39 is 0 Å². The lowest BCUT2D eigenvalue weighted by Crippen LogP contribution is -2.25. The van der Waals surface area contributed by atoms with Crippen LogP contribution in [0.25, 0.3) is 22.6 Å². The molecule has 0 saturated heterocycles. The molecule has 3 aromatic carbocycles. The SMILES string of the molecule is CN1C(=O)/C(=C/c2nc3ccccc3c(=O)n2Cc2ccccc2)c2cc(Br)ccc21. The highest BCUT2D eigenvalue weighted by Crippen LogP contribution is 2.38. The summed E-state index contributed by atoms with van der Waals surface area (Å²) < 4.78 is 2.52. The molecule has 1 aliphatic heterocycles. The molecule has 152 valence electrons. The summed E-state index contributed by atoms with van der Waals surface area (Å²) in [4.78, 5) is 32.8. The predicted octanol–water partition coefficient (Wildman–Crippen LogP) is 4.72. The third kappa shape index (κ3) is 3.39. The predicted molar refractivity (Wildman–Crippen MR) is 127 cm³/mol. The number of amides is 1. The molecule has 6 heteroatoms. The van der Waals surface area contributed by atoms with Crippen LogP contribution in [0.1, 0.15) is 17.0 Å². The Morgan fingerprint density at radius 1 is 0.968 bits per heavy atom. The zero-order valence-electron chi connectivity index (χ0n) is 16.7. The molecule has 0 fully saturated rings. The van der Waals surface area contributed by atoms with Crippen LogP contribution in [0.4, 0.5) is 5.69 Å². The molecule has 0 radical (unpaired) electrons. The quantitative estimate of drug-likeness (QED) is 0.406. The molecule has 0 atom stereocenters. The van der Waals surface area contributed by atoms with Gasteiger partial charge in [0.1, 0.15) is 5.82 Å². The Balaban J connectivity index is 1.75. The van der Waals surface area contributed by atoms with Crippen LogP contribution < -0.4 is 10.5 Å². The van der Waals surface area contributed by atoms with Crippen molar-refractivity contribution in [2.75, 3.05) is 11.9 Å². The van der Waals surface area contributed by atoms with Crippen molar-refractivity contribution in [3.8, 4) is 0 Å². The molecule has 0 unspecified atom stereocenters. The number of para-hydroxylation sites is 1. The molecule has 2 heterocycles. The van der Waals surface area contributed by atoms with E-state index in [1.807, 2.05) is 66.7 Å². The second-order valence-corrected chi connectivity index (χ2v) is 8.36. The van der Waals surface area contributed by atoms with Crippen molar-refractivity contribution in [1.29, 1.82) is 0 Å². The molecular formula is C25H18BrN3O2. The molecule has 0 spiro atoms. The van der Waals surface area contributed by atoms with Crippen LogP contribution >= 0.6 is 15.9 Å². The van der Waals surface area contributed by atoms with Crippen molar-refractivity contribution >= 4 is 50.1 Å². The van der Waals surface area contributed by atoms with Crippen LogP contribution in [0.5, 0.6) is 0 Å². The van der Waals surface area contributed by atoms with E-state index in [0.29, 0.717) is 28.8 Å². The Morgan fingerprint density at radius 3 is 2.52 bits per heavy atom. The number of carbonyl (C=O) groups is 1. The molecule has 0 saturated carbocycles. The lowest BCUT2D eigenvalue weighted by atomic mass is 10.1. The van der Waals surface area contributed by atoms with Crippen LogP contribution in [-0.4, -0.2) is 22.5 Å². The van der Waals surface area contributed by atoms with Gasteiger partial charge in [0.05, 0.1) is 28.7 Å². The van der Waals surface area contributed by atoms with Crippen LogP contribution in [-0.2, 0) is 11.3 Å². The van der Waals surface area contributed by atoms with Crippen molar-refractivity contribution in [3.63, 3.8) is 0 Å². The average molecular weight is 472 g/mol. The summed E-state index contributed by atoms with van der Waals surface area (Å²) in [5.74, 6) is 0.332. The Bertz CT molecular complexity index is 1420. The molecule has 1 amide bonds. The topological polar surface area (TPSA) is 55.2 Å². The number of hydrogen-bond acceptors (Lipinski definition) is 3. The van der Waals surface area contributed by atoms with Gasteiger partial charge in [-0.15, -0.1) is 0 Å². The Labute approximate surface area is 187 Å². The summed E-state index contributed by atoms with van der Waals surface area (Å²) in [6, 6.07) is 22.8. The van der Waals surface area contributed by atoms with Gasteiger partial charge in [0.25, 0.3) is 11.5 Å². The maximum atomic E-state index is 13.4. The normalized spacial score (nSPS) is 14.5. The van der Waals surface area contributed by atoms with E-state index in [2.05, 4.69) is 15.9 Å². The molecule has 0 N–H and O–H groups in total. The first kappa shape index (κ1) is 19.5. The zero-order chi connectivity index (χ0) is 21.5. The third-order valence-electron chi connectivity index (χ3n) is 5.49. The van der Waals surface area contributed by atoms with E-state index in [1.54, 1.807) is 28.7 Å². The molecule has 4 aromatic rings. The standard InChI is InChI=1S/C25H18BrN3O2/c1-28-22-12-11-17(26)13-19(22)20(24(28)30)14-23-27-21-10-6-5-9-18(21)25(31)29(23)15-16-7-3-2-4-8-16/h2-14H,15H2,1H3/b20-14+. The van der Waals surface area contributed by atoms with Gasteiger partial charge in [0, 0.05) is 17.1 Å². The van der Waals surface area contributed by atoms with Gasteiger partial charge in [-0.05, 0) is 42.0 Å². The summed E-state index contributed by atoms with van der Waals surface area (Å²) in [6.45, 7) is 0.367. The summed E-state index contributed by atoms with van der Waals surface area (Å²) in [7, 11) is 1.75. The number of nitrogens with zero attached hydrogens (tertiary/aromatic N) is 3. The number of rotatable bonds is 3. The molecular weight excluding hydrogens is 454 g/mol. The van der Waals surface area contributed by atoms with Crippen molar-refractivity contribution in [3.05, 3.63) is 105 Å². The van der Waals surface area contributed by atoms with Crippen molar-refractivity contribution in [1.82, 2.24) is 9.55 Å². The average Bonchev–Trinajstić information content (AvgIpc) is 3.01. The molecule has 1 aliphatic rings. The largest absolute Gasteiger partial charge is 0.311 e. The second-order valence-electron chi connectivity index (χ2n) is 7.45. The third-order valence-corrected chi connectivity index (χ3v) is 5.99. The van der Waals surface area contributed by atoms with Gasteiger partial charge in [-0.25, -0.2) is 4.98 Å². The highest BCUT2D eigenvalue weighted by atomic mass is 79.9. The van der Waals surface area contributed by atoms with E-state index in [9.17, 15) is 9.59 Å². The van der Waals surface area contributed by atoms with Crippen LogP contribution in [0.2, 0.25) is 0 Å². The van der Waals surface area contributed by atoms with Crippen molar-refractivity contribution < 1.29 is 4.79 Å². The van der Waals surface area contributed by atoms with E-state index in [4.69, 9.17) is 4.98 Å². The summed E-state index contributed by atoms with van der Waals surface area (Å²) in [6.07, 6.45) is 1.73. The van der Waals surface area contributed by atoms with Gasteiger partial charge in [-0.1, -0.05) is 58.4 Å². The fourth-order valence-electron chi connectivity index (χ4n) is 3.90. The Morgan fingerprint density at radius 2 is 1.71 bits per heavy atom. The molecule has 0 bridgehead atoms. The molecule has 31 heavy (non-hydrogen) atoms. The lowest BCUT2D eigenvalue weighted by molar-refractivity contribution is -0.112. The minimum absolute atomic E-state index is 0.123. The van der Waals surface area contributed by atoms with Crippen LogP contribution in [0.3, 0.4) is 0 Å². The summed E-state index contributed by atoms with van der Waals surface area (Å²) in [5, 5.41) is 0.554. The monoisotopic (exact) mass is 471 g/mol. The van der Waals surface area contributed by atoms with E-state index in [-0.39, 0.29) is 11.5 Å². The van der Waals surface area contributed by atoms with Gasteiger partial charge in [0.2, 0.25) is 0 Å². The van der Waals surface area contributed by atoms with Gasteiger partial charge in [-0.3, -0.25) is 14.2 Å². The second kappa shape index (κ2) is 7.63. The maximum Gasteiger partial charge on any atom is 0.261 e. The Kier molecular flexibility index (Phi) is 4.79. The number of likely N-dealkylation sites (N-methyl/N-ethyl adjacent to an activating group) is 1. The number of halogens is 1. The Hall–Kier alpha value is -3.51. The van der Waals surface area contributed by atoms with Gasteiger partial charge in [0.15, 0.2) is 0 Å². The zero-order valence-corrected chi connectivity index (χ0v) is 18.3. The minimum atomic E-state index is -0.130. The van der Waals surface area contributed by atoms with Crippen LogP contribution in [0.15, 0.2) is 82.1 Å². The van der Waals surface area contributed by atoms with E-state index >= 15 is 0 Å². The van der Waals surface area contributed by atoms with Gasteiger partial charge in [-0.2, -0.15) is 0 Å². The number of benzene rings is 3. The molecule has 0 aliphatic carbocycles. The first-order valence-corrected chi connectivity index (χ1v) is 10.7. The summed E-state index contributed by atoms with van der Waals surface area (Å²) >= 11 is 3.49. The van der Waals surface area contributed by atoms with Crippen molar-refractivity contribution in [2.45, 2.75) is 6.54 Å². The maximum absolute atomic E-state index is 13.4. The highest BCUT2D eigenvalue weighted by molar-refractivity contribution is 9.10. The van der Waals surface area contributed by atoms with E-state index in [1.165, 1.54) is 0 Å². The smallest absolute Gasteiger partial charge is 0.261 e. The minimum Gasteiger partial charge on any atom is -0.311 e.